The molecule has 6 nitrogen and oxygen atoms in total. The molecule has 2 aromatic heterocycles. The van der Waals surface area contributed by atoms with E-state index in [0.29, 0.717) is 5.11 Å². The average molecular weight is 421 g/mol. The lowest BCUT2D eigenvalue weighted by Crippen LogP contribution is -2.25. The van der Waals surface area contributed by atoms with E-state index in [9.17, 15) is 9.90 Å². The Morgan fingerprint density at radius 3 is 2.60 bits per heavy atom. The van der Waals surface area contributed by atoms with Gasteiger partial charge in [-0.05, 0) is 74.4 Å². The van der Waals surface area contributed by atoms with Crippen molar-refractivity contribution in [2.75, 3.05) is 7.05 Å². The number of likely N-dealkylation sites (N-methyl/N-ethyl adjacent to an activating group) is 1. The fourth-order valence-corrected chi connectivity index (χ4v) is 4.53. The van der Waals surface area contributed by atoms with Gasteiger partial charge in [0.25, 0.3) is 0 Å². The fourth-order valence-electron chi connectivity index (χ4n) is 4.29. The van der Waals surface area contributed by atoms with Gasteiger partial charge in [0, 0.05) is 30.3 Å². The molecule has 0 saturated carbocycles. The van der Waals surface area contributed by atoms with Gasteiger partial charge in [0.1, 0.15) is 0 Å². The van der Waals surface area contributed by atoms with Crippen LogP contribution >= 0.6 is 12.2 Å². The Hall–Kier alpha value is -3.19. The predicted octanol–water partition coefficient (Wildman–Crippen LogP) is 4.10. The number of hydrogen-bond acceptors (Lipinski definition) is 3. The fraction of sp³-hybridized carbons (Fsp3) is 0.261. The number of benzene rings is 1. The van der Waals surface area contributed by atoms with Crippen LogP contribution in [0.25, 0.3) is 5.69 Å². The third-order valence-corrected chi connectivity index (χ3v) is 6.23. The highest BCUT2D eigenvalue weighted by molar-refractivity contribution is 7.80. The third kappa shape index (κ3) is 3.25. The quantitative estimate of drug-likeness (QED) is 0.620. The van der Waals surface area contributed by atoms with Crippen molar-refractivity contribution in [2.24, 2.45) is 0 Å². The number of hydrogen-bond donors (Lipinski definition) is 2. The van der Waals surface area contributed by atoms with Crippen molar-refractivity contribution in [3.8, 4) is 5.69 Å². The zero-order valence-electron chi connectivity index (χ0n) is 17.4. The van der Waals surface area contributed by atoms with E-state index in [4.69, 9.17) is 12.2 Å². The first-order valence-electron chi connectivity index (χ1n) is 9.77. The smallest absolute Gasteiger partial charge is 0.335 e. The van der Waals surface area contributed by atoms with Crippen molar-refractivity contribution in [1.29, 1.82) is 0 Å². The van der Waals surface area contributed by atoms with E-state index in [1.165, 1.54) is 0 Å². The number of aromatic carboxylic acids is 1. The van der Waals surface area contributed by atoms with E-state index in [2.05, 4.69) is 32.8 Å². The van der Waals surface area contributed by atoms with Crippen molar-refractivity contribution in [2.45, 2.75) is 32.9 Å². The number of aromatic nitrogens is 2. The Labute approximate surface area is 181 Å². The molecule has 2 N–H and O–H groups in total. The molecule has 1 saturated heterocycles. The summed E-state index contributed by atoms with van der Waals surface area (Å²) < 4.78 is 2.13. The predicted molar refractivity (Wildman–Crippen MR) is 120 cm³/mol. The first-order valence-corrected chi connectivity index (χ1v) is 10.2. The van der Waals surface area contributed by atoms with Gasteiger partial charge in [-0.1, -0.05) is 12.1 Å². The van der Waals surface area contributed by atoms with Crippen molar-refractivity contribution < 1.29 is 9.90 Å². The molecule has 2 atom stereocenters. The van der Waals surface area contributed by atoms with E-state index in [-0.39, 0.29) is 17.6 Å². The van der Waals surface area contributed by atoms with Gasteiger partial charge in [-0.25, -0.2) is 4.79 Å². The van der Waals surface area contributed by atoms with Crippen LogP contribution in [0.2, 0.25) is 0 Å². The molecule has 0 aliphatic carbocycles. The molecule has 154 valence electrons. The van der Waals surface area contributed by atoms with Gasteiger partial charge in [-0.3, -0.25) is 4.98 Å². The molecule has 3 heterocycles. The molecule has 0 amide bonds. The van der Waals surface area contributed by atoms with Gasteiger partial charge >= 0.3 is 5.97 Å². The molecule has 1 fully saturated rings. The summed E-state index contributed by atoms with van der Waals surface area (Å²) in [4.78, 5) is 18.1. The second-order valence-electron chi connectivity index (χ2n) is 7.71. The molecule has 1 aromatic carbocycles. The second-order valence-corrected chi connectivity index (χ2v) is 8.09. The number of rotatable bonds is 4. The minimum atomic E-state index is -0.931. The molecular weight excluding hydrogens is 396 g/mol. The third-order valence-electron chi connectivity index (χ3n) is 5.82. The molecule has 1 aliphatic heterocycles. The van der Waals surface area contributed by atoms with Gasteiger partial charge in [0.15, 0.2) is 5.11 Å². The lowest BCUT2D eigenvalue weighted by atomic mass is 9.97. The van der Waals surface area contributed by atoms with Crippen molar-refractivity contribution in [1.82, 2.24) is 19.8 Å². The molecule has 0 spiro atoms. The Bertz CT molecular complexity index is 1140. The summed E-state index contributed by atoms with van der Waals surface area (Å²) in [5.41, 5.74) is 6.34. The monoisotopic (exact) mass is 420 g/mol. The van der Waals surface area contributed by atoms with Gasteiger partial charge in [0.2, 0.25) is 0 Å². The van der Waals surface area contributed by atoms with Crippen LogP contribution in [0.1, 0.15) is 50.7 Å². The van der Waals surface area contributed by atoms with E-state index < -0.39 is 5.97 Å². The maximum Gasteiger partial charge on any atom is 0.335 e. The van der Waals surface area contributed by atoms with Gasteiger partial charge in [0.05, 0.1) is 23.3 Å². The van der Waals surface area contributed by atoms with Crippen molar-refractivity contribution in [3.05, 3.63) is 82.4 Å². The topological polar surface area (TPSA) is 70.4 Å². The molecule has 4 rings (SSSR count). The summed E-state index contributed by atoms with van der Waals surface area (Å²) in [6.07, 6.45) is 1.79. The Balaban J connectivity index is 1.85. The van der Waals surface area contributed by atoms with E-state index >= 15 is 0 Å². The maximum absolute atomic E-state index is 11.5. The normalized spacial score (nSPS) is 18.5. The van der Waals surface area contributed by atoms with E-state index in [1.54, 1.807) is 18.3 Å². The molecule has 0 unspecified atom stereocenters. The van der Waals surface area contributed by atoms with Crippen LogP contribution in [0.4, 0.5) is 0 Å². The number of carboxylic acid groups (broad SMARTS) is 1. The summed E-state index contributed by atoms with van der Waals surface area (Å²) in [5.74, 6) is -0.931. The first-order chi connectivity index (χ1) is 14.3. The molecule has 3 aromatic rings. The minimum absolute atomic E-state index is 0.0182. The molecular formula is C23H24N4O2S. The van der Waals surface area contributed by atoms with Crippen LogP contribution in [-0.2, 0) is 0 Å². The number of carboxylic acids is 1. The van der Waals surface area contributed by atoms with Crippen LogP contribution < -0.4 is 5.32 Å². The Kier molecular flexibility index (Phi) is 5.07. The number of nitrogens with zero attached hydrogens (tertiary/aromatic N) is 3. The number of pyridine rings is 1. The van der Waals surface area contributed by atoms with Crippen molar-refractivity contribution in [3.63, 3.8) is 0 Å². The van der Waals surface area contributed by atoms with E-state index in [0.717, 1.165) is 33.9 Å². The SMILES string of the molecule is Cc1ccc(C(=O)O)cc1-n1c(C)cc([C@@H]2[C@@H](c3ccccn3)NC(=S)N2C)c1C. The van der Waals surface area contributed by atoms with Gasteiger partial charge in [-0.2, -0.15) is 0 Å². The number of carbonyl (C=O) groups is 1. The number of thiocarbonyl (C=S) groups is 1. The Morgan fingerprint density at radius 1 is 1.17 bits per heavy atom. The highest BCUT2D eigenvalue weighted by Crippen LogP contribution is 2.40. The zero-order valence-corrected chi connectivity index (χ0v) is 18.2. The number of aryl methyl sites for hydroxylation is 2. The van der Waals surface area contributed by atoms with Crippen molar-refractivity contribution >= 4 is 23.3 Å². The summed E-state index contributed by atoms with van der Waals surface area (Å²) in [7, 11) is 1.99. The lowest BCUT2D eigenvalue weighted by Gasteiger charge is -2.24. The molecule has 30 heavy (non-hydrogen) atoms. The molecule has 0 bridgehead atoms. The maximum atomic E-state index is 11.5. The highest BCUT2D eigenvalue weighted by Gasteiger charge is 2.39. The summed E-state index contributed by atoms with van der Waals surface area (Å²) >= 11 is 5.55. The van der Waals surface area contributed by atoms with Crippen LogP contribution in [0.15, 0.2) is 48.7 Å². The van der Waals surface area contributed by atoms with Crippen LogP contribution in [0.3, 0.4) is 0 Å². The highest BCUT2D eigenvalue weighted by atomic mass is 32.1. The Morgan fingerprint density at radius 2 is 1.93 bits per heavy atom. The van der Waals surface area contributed by atoms with Crippen LogP contribution in [0.5, 0.6) is 0 Å². The summed E-state index contributed by atoms with van der Waals surface area (Å²) in [5, 5.41) is 13.5. The molecule has 0 radical (unpaired) electrons. The van der Waals surface area contributed by atoms with Crippen LogP contribution in [0, 0.1) is 20.8 Å². The summed E-state index contributed by atoms with van der Waals surface area (Å²) in [6.45, 7) is 6.11. The zero-order chi connectivity index (χ0) is 21.6. The van der Waals surface area contributed by atoms with Gasteiger partial charge in [-0.15, -0.1) is 0 Å². The van der Waals surface area contributed by atoms with Crippen LogP contribution in [-0.4, -0.2) is 37.7 Å². The first kappa shape index (κ1) is 20.1. The lowest BCUT2D eigenvalue weighted by molar-refractivity contribution is 0.0697. The van der Waals surface area contributed by atoms with Gasteiger partial charge < -0.3 is 19.9 Å². The van der Waals surface area contributed by atoms with E-state index in [1.807, 2.05) is 45.2 Å². The number of nitrogens with one attached hydrogen (secondary N) is 1. The molecule has 1 aliphatic rings. The summed E-state index contributed by atoms with van der Waals surface area (Å²) in [6, 6.07) is 13.2. The minimum Gasteiger partial charge on any atom is -0.478 e. The molecule has 7 heteroatoms. The average Bonchev–Trinajstić information content (AvgIpc) is 3.18. The second kappa shape index (κ2) is 7.57. The standard InChI is InChI=1S/C23H24N4O2S/c1-13-8-9-16(22(28)29)12-19(13)27-14(2)11-17(15(27)3)21-20(25-23(30)26(21)4)18-7-5-6-10-24-18/h5-12,20-21H,1-4H3,(H,25,30)(H,28,29)/t20-,21-/m1/s1. The largest absolute Gasteiger partial charge is 0.478 e.